The zero-order valence-electron chi connectivity index (χ0n) is 15.8. The summed E-state index contributed by atoms with van der Waals surface area (Å²) in [5.74, 6) is -0.139. The van der Waals surface area contributed by atoms with Gasteiger partial charge in [0, 0.05) is 23.9 Å². The molecule has 1 saturated heterocycles. The minimum Gasteiger partial charge on any atom is -0.294 e. The molecule has 29 heavy (non-hydrogen) atoms. The van der Waals surface area contributed by atoms with Crippen LogP contribution in [0.25, 0.3) is 10.8 Å². The summed E-state index contributed by atoms with van der Waals surface area (Å²) < 4.78 is 0. The molecule has 1 fully saturated rings. The van der Waals surface area contributed by atoms with Gasteiger partial charge in [-0.3, -0.25) is 14.5 Å². The highest BCUT2D eigenvalue weighted by molar-refractivity contribution is 8.15. The number of amides is 1. The van der Waals surface area contributed by atoms with Crippen molar-refractivity contribution in [2.45, 2.75) is 11.7 Å². The summed E-state index contributed by atoms with van der Waals surface area (Å²) in [6.07, 6.45) is 1.83. The molecule has 3 aromatic carbocycles. The van der Waals surface area contributed by atoms with Gasteiger partial charge >= 0.3 is 0 Å². The van der Waals surface area contributed by atoms with Gasteiger partial charge in [0.05, 0.1) is 10.9 Å². The Bertz CT molecular complexity index is 1100. The van der Waals surface area contributed by atoms with Gasteiger partial charge in [-0.15, -0.1) is 6.58 Å². The molecule has 0 bridgehead atoms. The predicted octanol–water partition coefficient (Wildman–Crippen LogP) is 5.23. The maximum atomic E-state index is 13.0. The van der Waals surface area contributed by atoms with Crippen molar-refractivity contribution in [1.82, 2.24) is 4.90 Å². The van der Waals surface area contributed by atoms with Crippen molar-refractivity contribution in [3.05, 3.63) is 91.0 Å². The lowest BCUT2D eigenvalue weighted by molar-refractivity contribution is -0.125. The van der Waals surface area contributed by atoms with Crippen LogP contribution in [0.15, 0.2) is 90.4 Å². The van der Waals surface area contributed by atoms with Crippen molar-refractivity contribution in [3.63, 3.8) is 0 Å². The van der Waals surface area contributed by atoms with Gasteiger partial charge in [0.1, 0.15) is 0 Å². The first-order valence-corrected chi connectivity index (χ1v) is 10.3. The summed E-state index contributed by atoms with van der Waals surface area (Å²) in [7, 11) is 0. The summed E-state index contributed by atoms with van der Waals surface area (Å²) in [4.78, 5) is 32.0. The number of benzene rings is 3. The van der Waals surface area contributed by atoms with Crippen LogP contribution in [0.3, 0.4) is 0 Å². The number of nitrogens with zero attached hydrogens (tertiary/aromatic N) is 2. The van der Waals surface area contributed by atoms with Gasteiger partial charge in [-0.2, -0.15) is 0 Å². The van der Waals surface area contributed by atoms with Gasteiger partial charge < -0.3 is 0 Å². The first-order valence-electron chi connectivity index (χ1n) is 9.41. The van der Waals surface area contributed by atoms with Crippen LogP contribution in [0.2, 0.25) is 0 Å². The van der Waals surface area contributed by atoms with Crippen molar-refractivity contribution >= 4 is 45.1 Å². The lowest BCUT2D eigenvalue weighted by Gasteiger charge is -2.14. The van der Waals surface area contributed by atoms with Crippen LogP contribution in [-0.4, -0.2) is 33.6 Å². The standard InChI is InChI=1S/C24H20N2O2S/c1-2-15-26-23(28)22(16-21(27)18-10-4-3-5-11-18)29-24(26)25-20-14-8-12-17-9-6-7-13-19(17)20/h2-14,22H,1,15-16H2. The zero-order chi connectivity index (χ0) is 20.2. The first kappa shape index (κ1) is 19.2. The average molecular weight is 401 g/mol. The van der Waals surface area contributed by atoms with Crippen molar-refractivity contribution in [2.75, 3.05) is 6.54 Å². The molecule has 0 radical (unpaired) electrons. The van der Waals surface area contributed by atoms with Gasteiger partial charge in [0.2, 0.25) is 5.91 Å². The van der Waals surface area contributed by atoms with Crippen LogP contribution in [0.5, 0.6) is 0 Å². The highest BCUT2D eigenvalue weighted by Gasteiger charge is 2.38. The fourth-order valence-electron chi connectivity index (χ4n) is 3.34. The summed E-state index contributed by atoms with van der Waals surface area (Å²) in [5.41, 5.74) is 1.43. The van der Waals surface area contributed by atoms with Crippen molar-refractivity contribution in [2.24, 2.45) is 4.99 Å². The molecular formula is C24H20N2O2S. The van der Waals surface area contributed by atoms with Crippen LogP contribution in [-0.2, 0) is 4.79 Å². The number of rotatable bonds is 6. The van der Waals surface area contributed by atoms with Gasteiger partial charge in [0.15, 0.2) is 11.0 Å². The second-order valence-electron chi connectivity index (χ2n) is 6.73. The van der Waals surface area contributed by atoms with E-state index in [0.717, 1.165) is 16.5 Å². The molecule has 1 unspecified atom stereocenters. The minimum absolute atomic E-state index is 0.0404. The summed E-state index contributed by atoms with van der Waals surface area (Å²) >= 11 is 1.35. The molecule has 0 N–H and O–H groups in total. The van der Waals surface area contributed by atoms with Gasteiger partial charge in [-0.1, -0.05) is 84.6 Å². The lowest BCUT2D eigenvalue weighted by atomic mass is 10.1. The van der Waals surface area contributed by atoms with E-state index in [0.29, 0.717) is 17.3 Å². The fraction of sp³-hybridized carbons (Fsp3) is 0.125. The number of Topliss-reactive ketones (excluding diaryl/α,β-unsaturated/α-hetero) is 1. The summed E-state index contributed by atoms with van der Waals surface area (Å²) in [5, 5.41) is 2.25. The number of aliphatic imine (C=N–C) groups is 1. The number of amidine groups is 1. The number of hydrogen-bond donors (Lipinski definition) is 0. The van der Waals surface area contributed by atoms with E-state index in [2.05, 4.69) is 6.58 Å². The molecule has 1 aliphatic rings. The highest BCUT2D eigenvalue weighted by Crippen LogP contribution is 2.34. The zero-order valence-corrected chi connectivity index (χ0v) is 16.6. The van der Waals surface area contributed by atoms with E-state index in [1.165, 1.54) is 11.8 Å². The number of hydrogen-bond acceptors (Lipinski definition) is 4. The number of thioether (sulfide) groups is 1. The Morgan fingerprint density at radius 3 is 2.55 bits per heavy atom. The molecule has 0 aliphatic carbocycles. The highest BCUT2D eigenvalue weighted by atomic mass is 32.2. The summed E-state index contributed by atoms with van der Waals surface area (Å²) in [6.45, 7) is 4.13. The molecule has 5 heteroatoms. The molecule has 4 rings (SSSR count). The van der Waals surface area contributed by atoms with Crippen LogP contribution < -0.4 is 0 Å². The largest absolute Gasteiger partial charge is 0.294 e. The molecule has 1 amide bonds. The Morgan fingerprint density at radius 2 is 1.76 bits per heavy atom. The third kappa shape index (κ3) is 4.00. The van der Waals surface area contributed by atoms with Gasteiger partial charge in [0.25, 0.3) is 0 Å². The Hall–Kier alpha value is -3.18. The molecule has 1 atom stereocenters. The molecule has 1 aliphatic heterocycles. The normalized spacial score (nSPS) is 17.8. The van der Waals surface area contributed by atoms with E-state index in [4.69, 9.17) is 4.99 Å². The Balaban J connectivity index is 1.64. The molecule has 144 valence electrons. The number of ketones is 1. The maximum Gasteiger partial charge on any atom is 0.242 e. The number of carbonyl (C=O) groups excluding carboxylic acids is 2. The average Bonchev–Trinajstić information content (AvgIpc) is 3.04. The van der Waals surface area contributed by atoms with E-state index in [-0.39, 0.29) is 18.1 Å². The number of fused-ring (bicyclic) bond motifs is 1. The van der Waals surface area contributed by atoms with Crippen molar-refractivity contribution in [1.29, 1.82) is 0 Å². The topological polar surface area (TPSA) is 49.7 Å². The Kier molecular flexibility index (Phi) is 5.58. The molecule has 4 nitrogen and oxygen atoms in total. The molecular weight excluding hydrogens is 380 g/mol. The van der Waals surface area contributed by atoms with E-state index in [1.807, 2.05) is 60.7 Å². The second kappa shape index (κ2) is 8.45. The molecule has 0 aromatic heterocycles. The monoisotopic (exact) mass is 400 g/mol. The second-order valence-corrected chi connectivity index (χ2v) is 7.90. The van der Waals surface area contributed by atoms with Crippen molar-refractivity contribution in [3.8, 4) is 0 Å². The third-order valence-corrected chi connectivity index (χ3v) is 5.96. The van der Waals surface area contributed by atoms with Gasteiger partial charge in [-0.05, 0) is 11.5 Å². The van der Waals surface area contributed by atoms with Gasteiger partial charge in [-0.25, -0.2) is 4.99 Å². The quantitative estimate of drug-likeness (QED) is 0.420. The Labute approximate surface area is 173 Å². The molecule has 3 aromatic rings. The van der Waals surface area contributed by atoms with E-state index >= 15 is 0 Å². The smallest absolute Gasteiger partial charge is 0.242 e. The third-order valence-electron chi connectivity index (χ3n) is 4.78. The van der Waals surface area contributed by atoms with E-state index < -0.39 is 5.25 Å². The van der Waals surface area contributed by atoms with Crippen LogP contribution in [0, 0.1) is 0 Å². The molecule has 1 heterocycles. The summed E-state index contributed by atoms with van der Waals surface area (Å²) in [6, 6.07) is 23.0. The maximum absolute atomic E-state index is 13.0. The lowest BCUT2D eigenvalue weighted by Crippen LogP contribution is -2.32. The molecule has 0 spiro atoms. The van der Waals surface area contributed by atoms with Crippen LogP contribution in [0.1, 0.15) is 16.8 Å². The van der Waals surface area contributed by atoms with Crippen LogP contribution >= 0.6 is 11.8 Å². The van der Waals surface area contributed by atoms with Crippen LogP contribution in [0.4, 0.5) is 5.69 Å². The Morgan fingerprint density at radius 1 is 1.03 bits per heavy atom. The number of carbonyl (C=O) groups is 2. The van der Waals surface area contributed by atoms with Crippen molar-refractivity contribution < 1.29 is 9.59 Å². The molecule has 0 saturated carbocycles. The SMILES string of the molecule is C=CCN1C(=O)C(CC(=O)c2ccccc2)SC1=Nc1cccc2ccccc12. The minimum atomic E-state index is -0.476. The fourth-order valence-corrected chi connectivity index (χ4v) is 4.50. The predicted molar refractivity (Wildman–Crippen MR) is 120 cm³/mol. The first-order chi connectivity index (χ1) is 14.2. The van der Waals surface area contributed by atoms with E-state index in [1.54, 1.807) is 23.1 Å². The van der Waals surface area contributed by atoms with E-state index in [9.17, 15) is 9.59 Å².